The summed E-state index contributed by atoms with van der Waals surface area (Å²) < 4.78 is 62.5. The Labute approximate surface area is 304 Å². The van der Waals surface area contributed by atoms with Crippen molar-refractivity contribution in [3.8, 4) is 0 Å². The second-order valence-corrected chi connectivity index (χ2v) is 18.6. The van der Waals surface area contributed by atoms with E-state index in [2.05, 4.69) is 17.6 Å². The molecular formula is C36H56N4O9S2. The first-order valence-electron chi connectivity index (χ1n) is 17.2. The van der Waals surface area contributed by atoms with E-state index in [1.54, 1.807) is 47.6 Å². The van der Waals surface area contributed by atoms with Crippen LogP contribution in [0.1, 0.15) is 103 Å². The van der Waals surface area contributed by atoms with E-state index < -0.39 is 49.2 Å². The van der Waals surface area contributed by atoms with Crippen LogP contribution in [0.15, 0.2) is 47.4 Å². The number of benzene rings is 2. The Kier molecular flexibility index (Phi) is 15.8. The van der Waals surface area contributed by atoms with Crippen LogP contribution in [-0.4, -0.2) is 83.2 Å². The lowest BCUT2D eigenvalue weighted by Crippen LogP contribution is -2.39. The van der Waals surface area contributed by atoms with Crippen LogP contribution in [0.4, 0.5) is 21.0 Å². The molecule has 13 nitrogen and oxygen atoms in total. The fraction of sp³-hybridized carbons (Fsp3) is 0.583. The van der Waals surface area contributed by atoms with Crippen molar-refractivity contribution in [1.29, 1.82) is 0 Å². The molecule has 15 heteroatoms. The molecule has 0 fully saturated rings. The number of hydrogen-bond acceptors (Lipinski definition) is 9. The van der Waals surface area contributed by atoms with Gasteiger partial charge in [-0.25, -0.2) is 26.4 Å². The molecule has 0 atom stereocenters. The van der Waals surface area contributed by atoms with Crippen molar-refractivity contribution in [2.24, 2.45) is 0 Å². The quantitative estimate of drug-likeness (QED) is 0.167. The van der Waals surface area contributed by atoms with E-state index in [0.717, 1.165) is 36.2 Å². The van der Waals surface area contributed by atoms with Gasteiger partial charge >= 0.3 is 12.2 Å². The van der Waals surface area contributed by atoms with Crippen LogP contribution < -0.4 is 14.9 Å². The molecule has 2 aromatic rings. The molecule has 0 unspecified atom stereocenters. The smallest absolute Gasteiger partial charge is 0.410 e. The van der Waals surface area contributed by atoms with Gasteiger partial charge in [0, 0.05) is 32.4 Å². The standard InChI is InChI=1S/C36H56N4O9S2/c1-10-11-12-13-14-24-51(46,47)29-19-17-28(18-20-29)38-32(41)30-25-27(16-21-31(30)39(8)50(9,44)45)26-40(34(43)49-36(5,6)7)23-15-22-37-33(42)48-35(2,3)4/h16-21,25H,10-15,22-24,26H2,1-9H3,(H,37,42)(H,38,41). The van der Waals surface area contributed by atoms with Gasteiger partial charge in [-0.3, -0.25) is 9.10 Å². The monoisotopic (exact) mass is 752 g/mol. The Morgan fingerprint density at radius 2 is 1.41 bits per heavy atom. The second-order valence-electron chi connectivity index (χ2n) is 14.5. The van der Waals surface area contributed by atoms with Crippen molar-refractivity contribution in [2.45, 2.75) is 110 Å². The number of sulfonamides is 1. The zero-order valence-corrected chi connectivity index (χ0v) is 33.1. The van der Waals surface area contributed by atoms with Crippen LogP contribution in [0, 0.1) is 0 Å². The highest BCUT2D eigenvalue weighted by molar-refractivity contribution is 7.92. The van der Waals surface area contributed by atoms with Gasteiger partial charge in [-0.1, -0.05) is 38.7 Å². The Balaban J connectivity index is 2.33. The minimum absolute atomic E-state index is 0.00943. The van der Waals surface area contributed by atoms with Gasteiger partial charge < -0.3 is 25.0 Å². The largest absolute Gasteiger partial charge is 0.444 e. The first-order chi connectivity index (χ1) is 23.5. The van der Waals surface area contributed by atoms with Gasteiger partial charge in [-0.05, 0) is 96.3 Å². The Bertz CT molecular complexity index is 1700. The first-order valence-corrected chi connectivity index (χ1v) is 20.7. The molecule has 0 aromatic heterocycles. The number of nitrogens with one attached hydrogen (secondary N) is 2. The van der Waals surface area contributed by atoms with Gasteiger partial charge in [-0.2, -0.15) is 0 Å². The number of rotatable bonds is 17. The van der Waals surface area contributed by atoms with E-state index in [1.165, 1.54) is 48.3 Å². The summed E-state index contributed by atoms with van der Waals surface area (Å²) in [6.45, 7) is 13.0. The summed E-state index contributed by atoms with van der Waals surface area (Å²) in [4.78, 5) is 40.6. The number of ether oxygens (including phenoxy) is 2. The van der Waals surface area contributed by atoms with Crippen molar-refractivity contribution < 1.29 is 40.7 Å². The molecule has 0 radical (unpaired) electrons. The lowest BCUT2D eigenvalue weighted by atomic mass is 10.1. The van der Waals surface area contributed by atoms with E-state index in [4.69, 9.17) is 9.47 Å². The van der Waals surface area contributed by atoms with Gasteiger partial charge in [0.05, 0.1) is 28.2 Å². The Morgan fingerprint density at radius 3 is 1.98 bits per heavy atom. The zero-order chi connectivity index (χ0) is 38.6. The molecule has 0 bridgehead atoms. The SMILES string of the molecule is CCCCCCCS(=O)(=O)c1ccc(NC(=O)c2cc(CN(CCCNC(=O)OC(C)(C)C)C(=O)OC(C)(C)C)ccc2N(C)S(C)(=O)=O)cc1. The van der Waals surface area contributed by atoms with Crippen molar-refractivity contribution in [2.75, 3.05) is 41.8 Å². The van der Waals surface area contributed by atoms with Crippen molar-refractivity contribution in [3.05, 3.63) is 53.6 Å². The van der Waals surface area contributed by atoms with Crippen LogP contribution in [0.25, 0.3) is 0 Å². The predicted octanol–water partition coefficient (Wildman–Crippen LogP) is 6.73. The second kappa shape index (κ2) is 18.6. The summed E-state index contributed by atoms with van der Waals surface area (Å²) in [5.41, 5.74) is -0.511. The summed E-state index contributed by atoms with van der Waals surface area (Å²) in [6, 6.07) is 10.5. The average molecular weight is 753 g/mol. The Morgan fingerprint density at radius 1 is 0.804 bits per heavy atom. The fourth-order valence-electron chi connectivity index (χ4n) is 4.83. The maximum Gasteiger partial charge on any atom is 0.410 e. The van der Waals surface area contributed by atoms with Gasteiger partial charge in [0.2, 0.25) is 10.0 Å². The van der Waals surface area contributed by atoms with Crippen LogP contribution >= 0.6 is 0 Å². The number of carbonyl (C=O) groups is 3. The number of sulfone groups is 1. The summed E-state index contributed by atoms with van der Waals surface area (Å²) in [6.07, 6.45) is 4.72. The van der Waals surface area contributed by atoms with E-state index in [9.17, 15) is 31.2 Å². The third kappa shape index (κ3) is 15.5. The summed E-state index contributed by atoms with van der Waals surface area (Å²) >= 11 is 0. The third-order valence-corrected chi connectivity index (χ3v) is 10.4. The number of nitrogens with zero attached hydrogens (tertiary/aromatic N) is 2. The number of alkyl carbamates (subject to hydrolysis) is 1. The molecule has 0 aliphatic carbocycles. The first kappa shape index (κ1) is 43.3. The minimum atomic E-state index is -3.77. The minimum Gasteiger partial charge on any atom is -0.444 e. The Hall–Kier alpha value is -3.85. The summed E-state index contributed by atoms with van der Waals surface area (Å²) in [5, 5.41) is 5.41. The molecule has 0 aliphatic rings. The number of amides is 3. The van der Waals surface area contributed by atoms with Crippen molar-refractivity contribution >= 4 is 49.3 Å². The van der Waals surface area contributed by atoms with Gasteiger partial charge in [0.15, 0.2) is 9.84 Å². The van der Waals surface area contributed by atoms with Crippen LogP contribution in [-0.2, 0) is 35.9 Å². The van der Waals surface area contributed by atoms with E-state index in [0.29, 0.717) is 24.1 Å². The van der Waals surface area contributed by atoms with E-state index in [-0.39, 0.29) is 41.5 Å². The zero-order valence-electron chi connectivity index (χ0n) is 31.5. The third-order valence-electron chi connectivity index (χ3n) is 7.43. The lowest BCUT2D eigenvalue weighted by Gasteiger charge is -2.28. The lowest BCUT2D eigenvalue weighted by molar-refractivity contribution is 0.0231. The van der Waals surface area contributed by atoms with E-state index in [1.807, 2.05) is 0 Å². The average Bonchev–Trinajstić information content (AvgIpc) is 3.00. The number of hydrogen-bond donors (Lipinski definition) is 2. The summed E-state index contributed by atoms with van der Waals surface area (Å²) in [5.74, 6) is -0.601. The number of carbonyl (C=O) groups excluding carboxylic acids is 3. The van der Waals surface area contributed by atoms with Crippen LogP contribution in [0.5, 0.6) is 0 Å². The molecule has 3 amide bonds. The van der Waals surface area contributed by atoms with Crippen molar-refractivity contribution in [1.82, 2.24) is 10.2 Å². The molecule has 0 spiro atoms. The van der Waals surface area contributed by atoms with Crippen LogP contribution in [0.3, 0.4) is 0 Å². The molecule has 0 saturated heterocycles. The number of unbranched alkanes of at least 4 members (excludes halogenated alkanes) is 4. The van der Waals surface area contributed by atoms with Gasteiger partial charge in [0.1, 0.15) is 11.2 Å². The molecular weight excluding hydrogens is 697 g/mol. The molecule has 286 valence electrons. The molecule has 0 aliphatic heterocycles. The fourth-order valence-corrected chi connectivity index (χ4v) is 6.72. The van der Waals surface area contributed by atoms with Crippen molar-refractivity contribution in [3.63, 3.8) is 0 Å². The highest BCUT2D eigenvalue weighted by Gasteiger charge is 2.25. The molecule has 51 heavy (non-hydrogen) atoms. The predicted molar refractivity (Wildman–Crippen MR) is 200 cm³/mol. The molecule has 2 aromatic carbocycles. The highest BCUT2D eigenvalue weighted by atomic mass is 32.2. The molecule has 0 heterocycles. The molecule has 0 saturated carbocycles. The van der Waals surface area contributed by atoms with Gasteiger partial charge in [0.25, 0.3) is 5.91 Å². The molecule has 2 N–H and O–H groups in total. The maximum absolute atomic E-state index is 13.7. The summed E-state index contributed by atoms with van der Waals surface area (Å²) in [7, 11) is -5.93. The topological polar surface area (TPSA) is 168 Å². The molecule has 2 rings (SSSR count). The van der Waals surface area contributed by atoms with Gasteiger partial charge in [-0.15, -0.1) is 0 Å². The number of anilines is 2. The highest BCUT2D eigenvalue weighted by Crippen LogP contribution is 2.26. The maximum atomic E-state index is 13.7. The van der Waals surface area contributed by atoms with E-state index >= 15 is 0 Å². The van der Waals surface area contributed by atoms with Crippen LogP contribution in [0.2, 0.25) is 0 Å². The normalized spacial score (nSPS) is 12.2.